The van der Waals surface area contributed by atoms with Crippen LogP contribution in [0.3, 0.4) is 0 Å². The van der Waals surface area contributed by atoms with Crippen molar-refractivity contribution in [3.05, 3.63) is 66.9 Å². The minimum absolute atomic E-state index is 0.0343. The van der Waals surface area contributed by atoms with Gasteiger partial charge in [-0.2, -0.15) is 0 Å². The van der Waals surface area contributed by atoms with Crippen LogP contribution in [0.5, 0.6) is 5.75 Å². The van der Waals surface area contributed by atoms with Gasteiger partial charge in [-0.25, -0.2) is 4.79 Å². The Balaban J connectivity index is 2.08. The summed E-state index contributed by atoms with van der Waals surface area (Å²) in [5.74, 6) is -1.31. The van der Waals surface area contributed by atoms with Crippen molar-refractivity contribution in [2.45, 2.75) is 0 Å². The van der Waals surface area contributed by atoms with Gasteiger partial charge in [-0.05, 0) is 30.3 Å². The Morgan fingerprint density at radius 3 is 2.42 bits per heavy atom. The van der Waals surface area contributed by atoms with Gasteiger partial charge in [0.15, 0.2) is 5.56 Å². The molecule has 0 bridgehead atoms. The Morgan fingerprint density at radius 2 is 1.75 bits per heavy atom. The first-order chi connectivity index (χ1) is 11.4. The van der Waals surface area contributed by atoms with Gasteiger partial charge in [0, 0.05) is 16.2 Å². The summed E-state index contributed by atoms with van der Waals surface area (Å²) in [6.07, 6.45) is 0. The summed E-state index contributed by atoms with van der Waals surface area (Å²) in [5.41, 5.74) is -1.000. The molecule has 1 heterocycles. The van der Waals surface area contributed by atoms with Gasteiger partial charge in [-0.15, -0.1) is 0 Å². The van der Waals surface area contributed by atoms with Gasteiger partial charge in [0.2, 0.25) is 0 Å². The van der Waals surface area contributed by atoms with Crippen molar-refractivity contribution in [1.82, 2.24) is 0 Å². The first kappa shape index (κ1) is 16.8. The van der Waals surface area contributed by atoms with Crippen LogP contribution in [0.4, 0.5) is 5.69 Å². The summed E-state index contributed by atoms with van der Waals surface area (Å²) in [6.45, 7) is 0. The van der Waals surface area contributed by atoms with Crippen LogP contribution in [0.15, 0.2) is 50.1 Å². The number of anilines is 1. The highest BCUT2D eigenvalue weighted by Gasteiger charge is 2.22. The van der Waals surface area contributed by atoms with Gasteiger partial charge < -0.3 is 14.8 Å². The second-order valence-corrected chi connectivity index (χ2v) is 6.57. The Morgan fingerprint density at radius 1 is 1.12 bits per heavy atom. The number of halogens is 3. The molecule has 24 heavy (non-hydrogen) atoms. The monoisotopic (exact) mass is 427 g/mol. The highest BCUT2D eigenvalue weighted by atomic mass is 79.9. The molecule has 0 spiro atoms. The number of fused-ring (bicyclic) bond motifs is 1. The maximum Gasteiger partial charge on any atom is 0.353 e. The number of aromatic hydroxyl groups is 1. The largest absolute Gasteiger partial charge is 0.506 e. The number of carbonyl (C=O) groups excluding carboxylic acids is 1. The number of hydrogen-bond donors (Lipinski definition) is 2. The third-order valence-electron chi connectivity index (χ3n) is 3.25. The van der Waals surface area contributed by atoms with Gasteiger partial charge in [-0.3, -0.25) is 4.79 Å². The fourth-order valence-electron chi connectivity index (χ4n) is 2.11. The fourth-order valence-corrected chi connectivity index (χ4v) is 2.69. The zero-order chi connectivity index (χ0) is 17.4. The lowest BCUT2D eigenvalue weighted by Crippen LogP contribution is -2.21. The highest BCUT2D eigenvalue weighted by molar-refractivity contribution is 9.10. The average Bonchev–Trinajstić information content (AvgIpc) is 2.52. The maximum atomic E-state index is 12.3. The zero-order valence-corrected chi connectivity index (χ0v) is 14.9. The van der Waals surface area contributed by atoms with E-state index in [1.54, 1.807) is 24.3 Å². The van der Waals surface area contributed by atoms with E-state index in [1.165, 1.54) is 12.1 Å². The standard InChI is InChI=1S/C16H8BrCl2NO4/c17-7-1-3-8(4-2-7)20-15(22)13-14(21)9-5-10(18)11(19)6-12(9)24-16(13)23/h1-6,21H,(H,20,22). The Kier molecular flexibility index (Phi) is 4.54. The van der Waals surface area contributed by atoms with Crippen LogP contribution >= 0.6 is 39.1 Å². The molecule has 5 nitrogen and oxygen atoms in total. The van der Waals surface area contributed by atoms with E-state index >= 15 is 0 Å². The van der Waals surface area contributed by atoms with Gasteiger partial charge in [-0.1, -0.05) is 39.1 Å². The molecule has 3 rings (SSSR count). The summed E-state index contributed by atoms with van der Waals surface area (Å²) in [5, 5.41) is 13.3. The maximum absolute atomic E-state index is 12.3. The van der Waals surface area contributed by atoms with Crippen molar-refractivity contribution >= 4 is 61.7 Å². The van der Waals surface area contributed by atoms with Crippen molar-refractivity contribution in [2.75, 3.05) is 5.32 Å². The molecule has 1 amide bonds. The number of rotatable bonds is 2. The molecule has 8 heteroatoms. The zero-order valence-electron chi connectivity index (χ0n) is 11.8. The SMILES string of the molecule is O=C(Nc1ccc(Br)cc1)c1c(O)c2cc(Cl)c(Cl)cc2oc1=O. The Bertz CT molecular complexity index is 1020. The molecule has 122 valence electrons. The first-order valence-electron chi connectivity index (χ1n) is 6.58. The van der Waals surface area contributed by atoms with Gasteiger partial charge >= 0.3 is 5.63 Å². The Hall–Kier alpha value is -2.02. The molecule has 0 fully saturated rings. The van der Waals surface area contributed by atoms with E-state index in [1.807, 2.05) is 0 Å². The molecule has 0 saturated heterocycles. The third-order valence-corrected chi connectivity index (χ3v) is 4.50. The summed E-state index contributed by atoms with van der Waals surface area (Å²) >= 11 is 15.0. The Labute approximate surface area is 153 Å². The normalized spacial score (nSPS) is 10.8. The van der Waals surface area contributed by atoms with Crippen molar-refractivity contribution < 1.29 is 14.3 Å². The molecular formula is C16H8BrCl2NO4. The van der Waals surface area contributed by atoms with E-state index in [4.69, 9.17) is 27.6 Å². The van der Waals surface area contributed by atoms with Crippen LogP contribution in [0, 0.1) is 0 Å². The molecule has 0 atom stereocenters. The lowest BCUT2D eigenvalue weighted by molar-refractivity contribution is 0.102. The number of nitrogens with one attached hydrogen (secondary N) is 1. The minimum atomic E-state index is -0.979. The van der Waals surface area contributed by atoms with E-state index in [0.29, 0.717) is 5.69 Å². The van der Waals surface area contributed by atoms with E-state index < -0.39 is 22.8 Å². The van der Waals surface area contributed by atoms with E-state index in [9.17, 15) is 14.7 Å². The van der Waals surface area contributed by atoms with Gasteiger partial charge in [0.1, 0.15) is 11.3 Å². The molecular weight excluding hydrogens is 421 g/mol. The third kappa shape index (κ3) is 3.13. The topological polar surface area (TPSA) is 79.5 Å². The van der Waals surface area contributed by atoms with E-state index in [-0.39, 0.29) is 21.0 Å². The van der Waals surface area contributed by atoms with E-state index in [0.717, 1.165) is 4.47 Å². The summed E-state index contributed by atoms with van der Waals surface area (Å²) < 4.78 is 5.89. The van der Waals surface area contributed by atoms with Crippen LogP contribution < -0.4 is 10.9 Å². The second kappa shape index (κ2) is 6.47. The summed E-state index contributed by atoms with van der Waals surface area (Å²) in [4.78, 5) is 24.4. The molecule has 0 aliphatic rings. The van der Waals surface area contributed by atoms with Crippen molar-refractivity contribution in [2.24, 2.45) is 0 Å². The van der Waals surface area contributed by atoms with Crippen molar-refractivity contribution in [3.8, 4) is 5.75 Å². The van der Waals surface area contributed by atoms with Crippen LogP contribution in [0.1, 0.15) is 10.4 Å². The summed E-state index contributed by atoms with van der Waals surface area (Å²) in [6, 6.07) is 9.35. The lowest BCUT2D eigenvalue weighted by atomic mass is 10.1. The predicted molar refractivity (Wildman–Crippen MR) is 96.3 cm³/mol. The number of carbonyl (C=O) groups is 1. The van der Waals surface area contributed by atoms with Gasteiger partial charge in [0.05, 0.1) is 15.4 Å². The molecule has 2 aromatic carbocycles. The summed E-state index contributed by atoms with van der Waals surface area (Å²) in [7, 11) is 0. The first-order valence-corrected chi connectivity index (χ1v) is 8.13. The van der Waals surface area contributed by atoms with Crippen LogP contribution in [-0.2, 0) is 0 Å². The smallest absolute Gasteiger partial charge is 0.353 e. The molecule has 0 unspecified atom stereocenters. The molecule has 0 radical (unpaired) electrons. The lowest BCUT2D eigenvalue weighted by Gasteiger charge is -2.08. The van der Waals surface area contributed by atoms with Crippen molar-refractivity contribution in [1.29, 1.82) is 0 Å². The van der Waals surface area contributed by atoms with Gasteiger partial charge in [0.25, 0.3) is 5.91 Å². The molecule has 0 saturated carbocycles. The quantitative estimate of drug-likeness (QED) is 0.573. The molecule has 0 aliphatic heterocycles. The average molecular weight is 429 g/mol. The number of benzene rings is 2. The molecule has 3 aromatic rings. The van der Waals surface area contributed by atoms with Crippen molar-refractivity contribution in [3.63, 3.8) is 0 Å². The number of amides is 1. The van der Waals surface area contributed by atoms with Crippen LogP contribution in [0.2, 0.25) is 10.0 Å². The second-order valence-electron chi connectivity index (χ2n) is 4.84. The molecule has 2 N–H and O–H groups in total. The van der Waals surface area contributed by atoms with Crippen LogP contribution in [0.25, 0.3) is 11.0 Å². The minimum Gasteiger partial charge on any atom is -0.506 e. The molecule has 1 aromatic heterocycles. The fraction of sp³-hybridized carbons (Fsp3) is 0. The van der Waals surface area contributed by atoms with E-state index in [2.05, 4.69) is 21.2 Å². The highest BCUT2D eigenvalue weighted by Crippen LogP contribution is 2.33. The van der Waals surface area contributed by atoms with Crippen LogP contribution in [-0.4, -0.2) is 11.0 Å². The molecule has 0 aliphatic carbocycles. The predicted octanol–water partition coefficient (Wildman–Crippen LogP) is 4.82. The number of hydrogen-bond acceptors (Lipinski definition) is 4.